The molecule has 2 aromatic rings. The van der Waals surface area contributed by atoms with Crippen LogP contribution in [0.3, 0.4) is 0 Å². The first kappa shape index (κ1) is 13.2. The van der Waals surface area contributed by atoms with Gasteiger partial charge >= 0.3 is 0 Å². The van der Waals surface area contributed by atoms with Crippen LogP contribution in [0.2, 0.25) is 5.02 Å². The van der Waals surface area contributed by atoms with E-state index < -0.39 is 0 Å². The molecule has 2 rings (SSSR count). The van der Waals surface area contributed by atoms with Crippen LogP contribution in [-0.2, 0) is 0 Å². The summed E-state index contributed by atoms with van der Waals surface area (Å²) in [7, 11) is 1.52. The standard InChI is InChI=1S/C14H13ClN2O2/c1-19-13-8-9(6-7-12(13)16)17-14(18)10-4-2-3-5-11(10)15/h2-8H,16H2,1H3,(H,17,18). The molecule has 98 valence electrons. The van der Waals surface area contributed by atoms with Crippen molar-refractivity contribution in [3.8, 4) is 5.75 Å². The van der Waals surface area contributed by atoms with E-state index in [-0.39, 0.29) is 5.91 Å². The zero-order valence-electron chi connectivity index (χ0n) is 10.3. The Morgan fingerprint density at radius 2 is 2.00 bits per heavy atom. The van der Waals surface area contributed by atoms with Gasteiger partial charge in [-0.2, -0.15) is 0 Å². The smallest absolute Gasteiger partial charge is 0.257 e. The largest absolute Gasteiger partial charge is 0.495 e. The number of anilines is 2. The van der Waals surface area contributed by atoms with Crippen LogP contribution in [0.4, 0.5) is 11.4 Å². The highest BCUT2D eigenvalue weighted by Gasteiger charge is 2.10. The number of rotatable bonds is 3. The van der Waals surface area contributed by atoms with Crippen LogP contribution in [-0.4, -0.2) is 13.0 Å². The molecule has 0 unspecified atom stereocenters. The predicted molar refractivity (Wildman–Crippen MR) is 76.8 cm³/mol. The van der Waals surface area contributed by atoms with Crippen molar-refractivity contribution in [2.75, 3.05) is 18.2 Å². The maximum Gasteiger partial charge on any atom is 0.257 e. The molecular weight excluding hydrogens is 264 g/mol. The summed E-state index contributed by atoms with van der Waals surface area (Å²) in [6.45, 7) is 0. The van der Waals surface area contributed by atoms with Crippen LogP contribution in [0.25, 0.3) is 0 Å². The number of nitrogens with one attached hydrogen (secondary N) is 1. The number of halogens is 1. The van der Waals surface area contributed by atoms with Crippen LogP contribution >= 0.6 is 11.6 Å². The molecular formula is C14H13ClN2O2. The van der Waals surface area contributed by atoms with Gasteiger partial charge in [0.25, 0.3) is 5.91 Å². The third-order valence-corrected chi connectivity index (χ3v) is 2.94. The molecule has 1 amide bonds. The molecule has 3 N–H and O–H groups in total. The van der Waals surface area contributed by atoms with Gasteiger partial charge in [-0.25, -0.2) is 0 Å². The highest BCUT2D eigenvalue weighted by Crippen LogP contribution is 2.25. The first-order valence-corrected chi connectivity index (χ1v) is 5.99. The molecule has 2 aromatic carbocycles. The molecule has 0 saturated heterocycles. The summed E-state index contributed by atoms with van der Waals surface area (Å²) >= 11 is 5.96. The van der Waals surface area contributed by atoms with Crippen molar-refractivity contribution in [3.05, 3.63) is 53.1 Å². The SMILES string of the molecule is COc1cc(NC(=O)c2ccccc2Cl)ccc1N. The number of hydrogen-bond donors (Lipinski definition) is 2. The summed E-state index contributed by atoms with van der Waals surface area (Å²) in [5.74, 6) is 0.231. The van der Waals surface area contributed by atoms with Crippen molar-refractivity contribution < 1.29 is 9.53 Å². The Labute approximate surface area is 116 Å². The number of carbonyl (C=O) groups is 1. The average Bonchev–Trinajstić information content (AvgIpc) is 2.41. The van der Waals surface area contributed by atoms with Crippen molar-refractivity contribution >= 4 is 28.9 Å². The van der Waals surface area contributed by atoms with Gasteiger partial charge in [-0.15, -0.1) is 0 Å². The van der Waals surface area contributed by atoms with Crippen molar-refractivity contribution in [1.29, 1.82) is 0 Å². The van der Waals surface area contributed by atoms with Crippen LogP contribution in [0.1, 0.15) is 10.4 Å². The second kappa shape index (κ2) is 5.63. The van der Waals surface area contributed by atoms with E-state index >= 15 is 0 Å². The van der Waals surface area contributed by atoms with E-state index in [2.05, 4.69) is 5.32 Å². The van der Waals surface area contributed by atoms with E-state index in [4.69, 9.17) is 22.1 Å². The molecule has 0 aromatic heterocycles. The maximum atomic E-state index is 12.1. The zero-order valence-corrected chi connectivity index (χ0v) is 11.1. The van der Waals surface area contributed by atoms with Crippen LogP contribution in [0, 0.1) is 0 Å². The Morgan fingerprint density at radius 1 is 1.26 bits per heavy atom. The van der Waals surface area contributed by atoms with Gasteiger partial charge in [0.05, 0.1) is 23.4 Å². The lowest BCUT2D eigenvalue weighted by atomic mass is 10.2. The summed E-state index contributed by atoms with van der Waals surface area (Å²) in [5, 5.41) is 3.15. The maximum absolute atomic E-state index is 12.1. The van der Waals surface area contributed by atoms with E-state index in [1.54, 1.807) is 42.5 Å². The van der Waals surface area contributed by atoms with Gasteiger partial charge in [-0.05, 0) is 24.3 Å². The minimum Gasteiger partial charge on any atom is -0.495 e. The van der Waals surface area contributed by atoms with Gasteiger partial charge < -0.3 is 15.8 Å². The van der Waals surface area contributed by atoms with Crippen molar-refractivity contribution in [1.82, 2.24) is 0 Å². The Morgan fingerprint density at radius 3 is 2.68 bits per heavy atom. The van der Waals surface area contributed by atoms with Gasteiger partial charge in [0.2, 0.25) is 0 Å². The minimum absolute atomic E-state index is 0.280. The van der Waals surface area contributed by atoms with Crippen molar-refractivity contribution in [2.45, 2.75) is 0 Å². The Balaban J connectivity index is 2.22. The first-order valence-electron chi connectivity index (χ1n) is 5.61. The third kappa shape index (κ3) is 2.98. The van der Waals surface area contributed by atoms with Crippen LogP contribution in [0.5, 0.6) is 5.75 Å². The summed E-state index contributed by atoms with van der Waals surface area (Å²) in [6, 6.07) is 11.9. The third-order valence-electron chi connectivity index (χ3n) is 2.61. The number of nitrogens with two attached hydrogens (primary N) is 1. The monoisotopic (exact) mass is 276 g/mol. The molecule has 19 heavy (non-hydrogen) atoms. The Hall–Kier alpha value is -2.20. The lowest BCUT2D eigenvalue weighted by molar-refractivity contribution is 0.102. The van der Waals surface area contributed by atoms with Crippen molar-refractivity contribution in [3.63, 3.8) is 0 Å². The number of ether oxygens (including phenoxy) is 1. The molecule has 0 aliphatic heterocycles. The van der Waals surface area contributed by atoms with Crippen LogP contribution < -0.4 is 15.8 Å². The van der Waals surface area contributed by atoms with Crippen LogP contribution in [0.15, 0.2) is 42.5 Å². The van der Waals surface area contributed by atoms with E-state index in [0.717, 1.165) is 0 Å². The topological polar surface area (TPSA) is 64.3 Å². The highest BCUT2D eigenvalue weighted by molar-refractivity contribution is 6.34. The lowest BCUT2D eigenvalue weighted by Gasteiger charge is -2.09. The molecule has 0 aliphatic carbocycles. The van der Waals surface area contributed by atoms with Gasteiger partial charge in [0, 0.05) is 11.8 Å². The van der Waals surface area contributed by atoms with Gasteiger partial charge in [-0.3, -0.25) is 4.79 Å². The van der Waals surface area contributed by atoms with E-state index in [1.165, 1.54) is 7.11 Å². The molecule has 0 saturated carbocycles. The molecule has 4 nitrogen and oxygen atoms in total. The van der Waals surface area contributed by atoms with E-state index in [9.17, 15) is 4.79 Å². The molecule has 0 spiro atoms. The second-order valence-electron chi connectivity index (χ2n) is 3.89. The molecule has 5 heteroatoms. The molecule has 0 bridgehead atoms. The minimum atomic E-state index is -0.280. The molecule has 0 atom stereocenters. The highest BCUT2D eigenvalue weighted by atomic mass is 35.5. The lowest BCUT2D eigenvalue weighted by Crippen LogP contribution is -2.12. The summed E-state index contributed by atoms with van der Waals surface area (Å²) in [4.78, 5) is 12.1. The second-order valence-corrected chi connectivity index (χ2v) is 4.30. The number of methoxy groups -OCH3 is 1. The summed E-state index contributed by atoms with van der Waals surface area (Å²) in [6.07, 6.45) is 0. The fourth-order valence-corrected chi connectivity index (χ4v) is 1.85. The van der Waals surface area contributed by atoms with Gasteiger partial charge in [-0.1, -0.05) is 23.7 Å². The first-order chi connectivity index (χ1) is 9.11. The predicted octanol–water partition coefficient (Wildman–Crippen LogP) is 3.18. The number of benzene rings is 2. The number of hydrogen-bond acceptors (Lipinski definition) is 3. The average molecular weight is 277 g/mol. The fourth-order valence-electron chi connectivity index (χ4n) is 1.63. The number of carbonyl (C=O) groups excluding carboxylic acids is 1. The molecule has 0 fully saturated rings. The Bertz CT molecular complexity index is 614. The summed E-state index contributed by atoms with van der Waals surface area (Å²) < 4.78 is 5.09. The summed E-state index contributed by atoms with van der Waals surface area (Å²) in [5.41, 5.74) is 7.23. The van der Waals surface area contributed by atoms with Gasteiger partial charge in [0.1, 0.15) is 5.75 Å². The molecule has 0 radical (unpaired) electrons. The number of amides is 1. The molecule has 0 heterocycles. The normalized spacial score (nSPS) is 10.0. The van der Waals surface area contributed by atoms with E-state index in [1.807, 2.05) is 0 Å². The van der Waals surface area contributed by atoms with Crippen molar-refractivity contribution in [2.24, 2.45) is 0 Å². The molecule has 0 aliphatic rings. The van der Waals surface area contributed by atoms with Gasteiger partial charge in [0.15, 0.2) is 0 Å². The quantitative estimate of drug-likeness (QED) is 0.846. The van der Waals surface area contributed by atoms with E-state index in [0.29, 0.717) is 27.7 Å². The number of nitrogen functional groups attached to an aromatic ring is 1. The fraction of sp³-hybridized carbons (Fsp3) is 0.0714. The Kier molecular flexibility index (Phi) is 3.92. The zero-order chi connectivity index (χ0) is 13.8.